The maximum Gasteiger partial charge on any atom is 0.123 e. The highest BCUT2D eigenvalue weighted by molar-refractivity contribution is 7.03. The van der Waals surface area contributed by atoms with Gasteiger partial charge in [0.15, 0.2) is 0 Å². The van der Waals surface area contributed by atoms with E-state index in [2.05, 4.69) is 19.6 Å². The van der Waals surface area contributed by atoms with Crippen LogP contribution in [0.15, 0.2) is 24.3 Å². The zero-order valence-electron chi connectivity index (χ0n) is 10.5. The lowest BCUT2D eigenvalue weighted by Gasteiger charge is -2.13. The average Bonchev–Trinajstić information content (AvgIpc) is 2.25. The van der Waals surface area contributed by atoms with Crippen LogP contribution in [-0.4, -0.2) is 20.6 Å². The number of rotatable bonds is 5. The van der Waals surface area contributed by atoms with E-state index in [0.29, 0.717) is 11.8 Å². The van der Waals surface area contributed by atoms with E-state index in [1.165, 1.54) is 5.56 Å². The van der Waals surface area contributed by atoms with Gasteiger partial charge < -0.3 is 9.53 Å². The largest absolute Gasteiger partial charge is 0.497 e. The summed E-state index contributed by atoms with van der Waals surface area (Å²) in [5, 5.41) is 0.448. The summed E-state index contributed by atoms with van der Waals surface area (Å²) in [6.07, 6.45) is 1.51. The average molecular weight is 236 g/mol. The molecule has 0 heterocycles. The molecular weight excluding hydrogens is 216 g/mol. The van der Waals surface area contributed by atoms with E-state index in [1.54, 1.807) is 7.11 Å². The Hall–Kier alpha value is -1.09. The fraction of sp³-hybridized carbons (Fsp3) is 0.462. The first-order chi connectivity index (χ1) is 7.43. The molecule has 0 amide bonds. The van der Waals surface area contributed by atoms with E-state index in [9.17, 15) is 4.79 Å². The van der Waals surface area contributed by atoms with Gasteiger partial charge in [0.1, 0.15) is 19.2 Å². The highest BCUT2D eigenvalue weighted by Gasteiger charge is 2.22. The van der Waals surface area contributed by atoms with Gasteiger partial charge in [-0.1, -0.05) is 31.8 Å². The minimum absolute atomic E-state index is 0.448. The van der Waals surface area contributed by atoms with Crippen molar-refractivity contribution in [2.75, 3.05) is 7.11 Å². The van der Waals surface area contributed by atoms with Gasteiger partial charge in [-0.15, -0.1) is 0 Å². The van der Waals surface area contributed by atoms with Gasteiger partial charge in [-0.05, 0) is 24.1 Å². The van der Waals surface area contributed by atoms with E-state index in [-0.39, 0.29) is 0 Å². The van der Waals surface area contributed by atoms with Gasteiger partial charge >= 0.3 is 0 Å². The van der Waals surface area contributed by atoms with Crippen LogP contribution in [0.3, 0.4) is 0 Å². The summed E-state index contributed by atoms with van der Waals surface area (Å²) < 4.78 is 5.09. The molecule has 0 aliphatic heterocycles. The van der Waals surface area contributed by atoms with Crippen molar-refractivity contribution in [1.82, 2.24) is 0 Å². The van der Waals surface area contributed by atoms with Crippen LogP contribution in [0.2, 0.25) is 19.6 Å². The zero-order valence-corrected chi connectivity index (χ0v) is 11.5. The lowest BCUT2D eigenvalue weighted by Crippen LogP contribution is -2.33. The van der Waals surface area contributed by atoms with Gasteiger partial charge in [0.25, 0.3) is 0 Å². The second-order valence-electron chi connectivity index (χ2n) is 5.02. The summed E-state index contributed by atoms with van der Waals surface area (Å²) >= 11 is 0. The van der Waals surface area contributed by atoms with Crippen molar-refractivity contribution in [2.24, 2.45) is 0 Å². The minimum Gasteiger partial charge on any atom is -0.497 e. The molecule has 2 nitrogen and oxygen atoms in total. The maximum absolute atomic E-state index is 11.8. The number of benzene rings is 1. The van der Waals surface area contributed by atoms with Gasteiger partial charge in [0, 0.05) is 6.42 Å². The first-order valence-electron chi connectivity index (χ1n) is 5.59. The quantitative estimate of drug-likeness (QED) is 0.734. The Morgan fingerprint density at radius 3 is 2.19 bits per heavy atom. The van der Waals surface area contributed by atoms with Crippen molar-refractivity contribution in [3.63, 3.8) is 0 Å². The van der Waals surface area contributed by atoms with Crippen LogP contribution in [-0.2, 0) is 11.2 Å². The maximum atomic E-state index is 11.8. The van der Waals surface area contributed by atoms with Crippen LogP contribution < -0.4 is 4.74 Å². The second-order valence-corrected chi connectivity index (χ2v) is 10.1. The molecular formula is C13H20O2Si. The summed E-state index contributed by atoms with van der Waals surface area (Å²) in [6, 6.07) is 7.93. The summed E-state index contributed by atoms with van der Waals surface area (Å²) in [5.74, 6) is 0.861. The van der Waals surface area contributed by atoms with Gasteiger partial charge in [0.05, 0.1) is 7.11 Å². The first-order valence-corrected chi connectivity index (χ1v) is 9.09. The monoisotopic (exact) mass is 236 g/mol. The van der Waals surface area contributed by atoms with Gasteiger partial charge in [-0.2, -0.15) is 0 Å². The number of hydrogen-bond donors (Lipinski definition) is 0. The Morgan fingerprint density at radius 1 is 1.19 bits per heavy atom. The molecule has 0 aromatic heterocycles. The number of carbonyl (C=O) groups excluding carboxylic acids is 1. The molecule has 0 atom stereocenters. The van der Waals surface area contributed by atoms with Crippen LogP contribution in [0, 0.1) is 0 Å². The normalized spacial score (nSPS) is 11.2. The Balaban J connectivity index is 2.52. The Morgan fingerprint density at radius 2 is 1.75 bits per heavy atom. The third-order valence-corrected chi connectivity index (χ3v) is 4.56. The van der Waals surface area contributed by atoms with Crippen molar-refractivity contribution in [3.05, 3.63) is 29.8 Å². The molecule has 0 saturated heterocycles. The molecule has 0 bridgehead atoms. The molecule has 16 heavy (non-hydrogen) atoms. The van der Waals surface area contributed by atoms with Gasteiger partial charge in [-0.25, -0.2) is 0 Å². The molecule has 1 rings (SSSR count). The Kier molecular flexibility index (Phi) is 4.30. The first kappa shape index (κ1) is 13.0. The summed E-state index contributed by atoms with van der Waals surface area (Å²) in [5.41, 5.74) is 1.20. The van der Waals surface area contributed by atoms with Crippen LogP contribution in [0.4, 0.5) is 0 Å². The summed E-state index contributed by atoms with van der Waals surface area (Å²) in [6.45, 7) is 6.30. The van der Waals surface area contributed by atoms with E-state index < -0.39 is 8.07 Å². The molecule has 88 valence electrons. The lowest BCUT2D eigenvalue weighted by molar-refractivity contribution is -0.112. The number of hydrogen-bond acceptors (Lipinski definition) is 2. The van der Waals surface area contributed by atoms with E-state index in [0.717, 1.165) is 12.2 Å². The van der Waals surface area contributed by atoms with E-state index in [4.69, 9.17) is 4.74 Å². The molecule has 0 aliphatic carbocycles. The fourth-order valence-electron chi connectivity index (χ4n) is 1.43. The highest BCUT2D eigenvalue weighted by atomic mass is 28.3. The topological polar surface area (TPSA) is 26.3 Å². The summed E-state index contributed by atoms with van der Waals surface area (Å²) in [7, 11) is 0.0606. The fourth-order valence-corrected chi connectivity index (χ4v) is 2.30. The number of carbonyl (C=O) groups is 1. The van der Waals surface area contributed by atoms with Crippen LogP contribution in [0.25, 0.3) is 0 Å². The van der Waals surface area contributed by atoms with Crippen molar-refractivity contribution < 1.29 is 9.53 Å². The third-order valence-electron chi connectivity index (χ3n) is 2.64. The van der Waals surface area contributed by atoms with Gasteiger partial charge in [-0.3, -0.25) is 0 Å². The van der Waals surface area contributed by atoms with Crippen molar-refractivity contribution >= 4 is 13.5 Å². The van der Waals surface area contributed by atoms with Crippen LogP contribution >= 0.6 is 0 Å². The van der Waals surface area contributed by atoms with E-state index in [1.807, 2.05) is 24.3 Å². The molecule has 1 aromatic rings. The van der Waals surface area contributed by atoms with E-state index >= 15 is 0 Å². The standard InChI is InChI=1S/C13H20O2Si/c1-15-12-8-5-11(6-9-12)7-10-13(14)16(2,3)4/h5-6,8-9H,7,10H2,1-4H3. The Labute approximate surface area is 98.6 Å². The SMILES string of the molecule is COc1ccc(CCC(=O)[Si](C)(C)C)cc1. The molecule has 0 unspecified atom stereocenters. The Bertz CT molecular complexity index is 349. The third kappa shape index (κ3) is 3.81. The highest BCUT2D eigenvalue weighted by Crippen LogP contribution is 2.14. The lowest BCUT2D eigenvalue weighted by atomic mass is 10.1. The van der Waals surface area contributed by atoms with Crippen molar-refractivity contribution in [2.45, 2.75) is 32.5 Å². The zero-order chi connectivity index (χ0) is 12.2. The molecule has 0 radical (unpaired) electrons. The second kappa shape index (κ2) is 5.30. The molecule has 0 N–H and O–H groups in total. The summed E-state index contributed by atoms with van der Waals surface area (Å²) in [4.78, 5) is 11.8. The molecule has 0 spiro atoms. The predicted octanol–water partition coefficient (Wildman–Crippen LogP) is 3.07. The van der Waals surface area contributed by atoms with Crippen LogP contribution in [0.5, 0.6) is 5.75 Å². The molecule has 1 aromatic carbocycles. The minimum atomic E-state index is -1.60. The number of ether oxygens (including phenoxy) is 1. The molecule has 3 heteroatoms. The van der Waals surface area contributed by atoms with Crippen molar-refractivity contribution in [1.29, 1.82) is 0 Å². The number of aryl methyl sites for hydroxylation is 1. The van der Waals surface area contributed by atoms with Crippen molar-refractivity contribution in [3.8, 4) is 5.75 Å². The predicted molar refractivity (Wildman–Crippen MR) is 69.7 cm³/mol. The van der Waals surface area contributed by atoms with Gasteiger partial charge in [0.2, 0.25) is 0 Å². The number of methoxy groups -OCH3 is 1. The molecule has 0 aliphatic rings. The molecule has 0 saturated carbocycles. The smallest absolute Gasteiger partial charge is 0.123 e. The molecule has 0 fully saturated rings. The van der Waals surface area contributed by atoms with Crippen LogP contribution in [0.1, 0.15) is 12.0 Å².